The molecule has 7 aromatic rings. The van der Waals surface area contributed by atoms with E-state index in [0.717, 1.165) is 56.7 Å². The van der Waals surface area contributed by atoms with Crippen molar-refractivity contribution in [3.05, 3.63) is 162 Å². The van der Waals surface area contributed by atoms with Gasteiger partial charge in [0.1, 0.15) is 0 Å². The van der Waals surface area contributed by atoms with Crippen LogP contribution in [0, 0.1) is 40.4 Å². The molecule has 268 valence electrons. The second-order valence-electron chi connectivity index (χ2n) is 16.2. The molecule has 0 radical (unpaired) electrons. The second kappa shape index (κ2) is 13.9. The Morgan fingerprint density at radius 1 is 0.357 bits per heavy atom. The molecular weight excluding hydrogens is 683 g/mol. The summed E-state index contributed by atoms with van der Waals surface area (Å²) in [6.07, 6.45) is 8.53. The lowest BCUT2D eigenvalue weighted by Gasteiger charge is -2.57. The summed E-state index contributed by atoms with van der Waals surface area (Å²) in [4.78, 5) is 15.0. The van der Waals surface area contributed by atoms with E-state index in [4.69, 9.17) is 15.0 Å². The fourth-order valence-corrected chi connectivity index (χ4v) is 10.2. The molecule has 6 aromatic carbocycles. The molecule has 0 N–H and O–H groups in total. The number of aromatic nitrogens is 3. The van der Waals surface area contributed by atoms with Crippen molar-refractivity contribution < 1.29 is 0 Å². The topological polar surface area (TPSA) is 86.2 Å². The number of hydrogen-bond acceptors (Lipinski definition) is 5. The van der Waals surface area contributed by atoms with E-state index in [1.165, 1.54) is 49.7 Å². The summed E-state index contributed by atoms with van der Waals surface area (Å²) in [5.74, 6) is 4.61. The smallest absolute Gasteiger partial charge is 0.164 e. The number of hydrogen-bond donors (Lipinski definition) is 0. The summed E-state index contributed by atoms with van der Waals surface area (Å²) in [5, 5.41) is 18.4. The first kappa shape index (κ1) is 33.8. The van der Waals surface area contributed by atoms with Gasteiger partial charge in [-0.25, -0.2) is 15.0 Å². The molecule has 0 unspecified atom stereocenters. The van der Waals surface area contributed by atoms with Gasteiger partial charge in [0, 0.05) is 16.7 Å². The van der Waals surface area contributed by atoms with Gasteiger partial charge in [-0.2, -0.15) is 10.5 Å². The Morgan fingerprint density at radius 3 is 0.893 bits per heavy atom. The molecule has 11 rings (SSSR count). The molecule has 4 aliphatic carbocycles. The highest BCUT2D eigenvalue weighted by atomic mass is 15.0. The largest absolute Gasteiger partial charge is 0.208 e. The molecule has 56 heavy (non-hydrogen) atoms. The zero-order valence-electron chi connectivity index (χ0n) is 31.1. The van der Waals surface area contributed by atoms with Gasteiger partial charge in [0.25, 0.3) is 0 Å². The lowest BCUT2D eigenvalue weighted by atomic mass is 9.48. The molecule has 1 aromatic heterocycles. The zero-order valence-corrected chi connectivity index (χ0v) is 31.1. The molecule has 0 atom stereocenters. The van der Waals surface area contributed by atoms with Crippen LogP contribution < -0.4 is 0 Å². The third-order valence-electron chi connectivity index (χ3n) is 12.6. The van der Waals surface area contributed by atoms with Crippen LogP contribution in [0.5, 0.6) is 0 Å². The maximum Gasteiger partial charge on any atom is 0.164 e. The molecule has 0 spiro atoms. The first-order valence-corrected chi connectivity index (χ1v) is 19.7. The van der Waals surface area contributed by atoms with Gasteiger partial charge in [0.2, 0.25) is 0 Å². The van der Waals surface area contributed by atoms with Crippen molar-refractivity contribution in [2.45, 2.75) is 43.9 Å². The average Bonchev–Trinajstić information content (AvgIpc) is 3.26. The Balaban J connectivity index is 0.962. The molecule has 4 bridgehead atoms. The van der Waals surface area contributed by atoms with E-state index in [9.17, 15) is 10.5 Å². The number of nitriles is 2. The molecule has 0 aliphatic heterocycles. The average molecular weight is 722 g/mol. The molecular formula is C51H39N5. The van der Waals surface area contributed by atoms with Crippen LogP contribution in [0.15, 0.2) is 146 Å². The van der Waals surface area contributed by atoms with Crippen molar-refractivity contribution in [2.75, 3.05) is 0 Å². The predicted octanol–water partition coefficient (Wildman–Crippen LogP) is 12.1. The maximum absolute atomic E-state index is 9.22. The highest BCUT2D eigenvalue weighted by Gasteiger charge is 2.51. The Labute approximate surface area is 328 Å². The summed E-state index contributed by atoms with van der Waals surface area (Å²) in [6.45, 7) is 0. The first-order chi connectivity index (χ1) is 27.5. The van der Waals surface area contributed by atoms with Crippen LogP contribution in [0.3, 0.4) is 0 Å². The lowest BCUT2D eigenvalue weighted by molar-refractivity contribution is -0.00518. The molecule has 0 saturated heterocycles. The Kier molecular flexibility index (Phi) is 8.38. The maximum atomic E-state index is 9.22. The Morgan fingerprint density at radius 2 is 0.607 bits per heavy atom. The highest BCUT2D eigenvalue weighted by Crippen LogP contribution is 2.60. The summed E-state index contributed by atoms with van der Waals surface area (Å²) in [6, 6.07) is 54.1. The van der Waals surface area contributed by atoms with E-state index < -0.39 is 0 Å². The summed E-state index contributed by atoms with van der Waals surface area (Å²) in [5.41, 5.74) is 12.5. The van der Waals surface area contributed by atoms with Gasteiger partial charge in [-0.3, -0.25) is 0 Å². The molecule has 4 saturated carbocycles. The minimum Gasteiger partial charge on any atom is -0.208 e. The third kappa shape index (κ3) is 6.36. The van der Waals surface area contributed by atoms with Crippen LogP contribution in [0.25, 0.3) is 67.5 Å². The van der Waals surface area contributed by atoms with Crippen molar-refractivity contribution in [1.29, 1.82) is 10.5 Å². The van der Waals surface area contributed by atoms with E-state index in [0.29, 0.717) is 34.0 Å². The van der Waals surface area contributed by atoms with E-state index in [2.05, 4.69) is 84.9 Å². The normalized spacial score (nSPS) is 20.6. The van der Waals surface area contributed by atoms with Crippen molar-refractivity contribution in [2.24, 2.45) is 17.8 Å². The predicted molar refractivity (Wildman–Crippen MR) is 222 cm³/mol. The van der Waals surface area contributed by atoms with Gasteiger partial charge in [-0.05, 0) is 125 Å². The van der Waals surface area contributed by atoms with E-state index >= 15 is 0 Å². The lowest BCUT2D eigenvalue weighted by Crippen LogP contribution is -2.48. The van der Waals surface area contributed by atoms with Crippen molar-refractivity contribution in [3.63, 3.8) is 0 Å². The van der Waals surface area contributed by atoms with E-state index in [1.807, 2.05) is 72.8 Å². The Bertz CT molecular complexity index is 2470. The molecule has 4 aliphatic rings. The van der Waals surface area contributed by atoms with E-state index in [-0.39, 0.29) is 0 Å². The van der Waals surface area contributed by atoms with Crippen LogP contribution in [0.4, 0.5) is 0 Å². The fourth-order valence-electron chi connectivity index (χ4n) is 10.2. The second-order valence-corrected chi connectivity index (χ2v) is 16.2. The molecule has 4 fully saturated rings. The minimum atomic E-state index is 0.402. The molecule has 5 nitrogen and oxygen atoms in total. The number of benzene rings is 6. The molecule has 0 amide bonds. The fraction of sp³-hybridized carbons (Fsp3) is 0.196. The van der Waals surface area contributed by atoms with Gasteiger partial charge in [-0.1, -0.05) is 121 Å². The monoisotopic (exact) mass is 721 g/mol. The van der Waals surface area contributed by atoms with Crippen LogP contribution in [-0.2, 0) is 5.41 Å². The van der Waals surface area contributed by atoms with Crippen LogP contribution in [-0.4, -0.2) is 15.0 Å². The molecule has 1 heterocycles. The summed E-state index contributed by atoms with van der Waals surface area (Å²) >= 11 is 0. The minimum absolute atomic E-state index is 0.402. The standard InChI is InChI=1S/C51H39N5/c52-31-33-1-5-38(6-2-33)40-9-15-44(16-10-40)48-54-49(45-17-11-41(12-18-45)39-7-3-34(32-53)4-8-39)56-50(55-48)46-19-13-42(14-20-46)43-21-23-47(24-22-43)51-28-35-25-36(29-51)27-37(26-35)30-51/h1-24,35-37H,25-30H2. The summed E-state index contributed by atoms with van der Waals surface area (Å²) in [7, 11) is 0. The van der Waals surface area contributed by atoms with Crippen molar-refractivity contribution in [3.8, 4) is 79.7 Å². The van der Waals surface area contributed by atoms with E-state index in [1.54, 1.807) is 5.56 Å². The molecule has 5 heteroatoms. The number of nitrogens with zero attached hydrogens (tertiary/aromatic N) is 5. The van der Waals surface area contributed by atoms with Gasteiger partial charge >= 0.3 is 0 Å². The Hall–Kier alpha value is -6.69. The van der Waals surface area contributed by atoms with Gasteiger partial charge in [0.15, 0.2) is 17.5 Å². The quantitative estimate of drug-likeness (QED) is 0.164. The van der Waals surface area contributed by atoms with Gasteiger partial charge in [-0.15, -0.1) is 0 Å². The zero-order chi connectivity index (χ0) is 37.6. The summed E-state index contributed by atoms with van der Waals surface area (Å²) < 4.78 is 0. The SMILES string of the molecule is N#Cc1ccc(-c2ccc(-c3nc(-c4ccc(-c5ccc(C#N)cc5)cc4)nc(-c4ccc(-c5ccc(C67CC8CC(CC(C8)C6)C7)cc5)cc4)n3)cc2)cc1. The van der Waals surface area contributed by atoms with Crippen LogP contribution >= 0.6 is 0 Å². The van der Waals surface area contributed by atoms with Gasteiger partial charge in [0.05, 0.1) is 23.3 Å². The van der Waals surface area contributed by atoms with Crippen molar-refractivity contribution in [1.82, 2.24) is 15.0 Å². The van der Waals surface area contributed by atoms with Crippen LogP contribution in [0.1, 0.15) is 55.2 Å². The first-order valence-electron chi connectivity index (χ1n) is 19.7. The third-order valence-corrected chi connectivity index (χ3v) is 12.6. The van der Waals surface area contributed by atoms with Gasteiger partial charge < -0.3 is 0 Å². The number of rotatable bonds is 7. The van der Waals surface area contributed by atoms with Crippen LogP contribution in [0.2, 0.25) is 0 Å². The highest BCUT2D eigenvalue weighted by molar-refractivity contribution is 5.74. The van der Waals surface area contributed by atoms with Crippen molar-refractivity contribution >= 4 is 0 Å².